The first-order valence-corrected chi connectivity index (χ1v) is 7.13. The van der Waals surface area contributed by atoms with Crippen molar-refractivity contribution in [3.63, 3.8) is 0 Å². The van der Waals surface area contributed by atoms with E-state index < -0.39 is 0 Å². The number of aromatic nitrogens is 1. The molecule has 0 aliphatic heterocycles. The third kappa shape index (κ3) is 4.19. The summed E-state index contributed by atoms with van der Waals surface area (Å²) >= 11 is 1.59. The van der Waals surface area contributed by atoms with Gasteiger partial charge in [-0.25, -0.2) is 4.98 Å². The predicted molar refractivity (Wildman–Crippen MR) is 80.5 cm³/mol. The molecule has 1 aromatic carbocycles. The van der Waals surface area contributed by atoms with Gasteiger partial charge in [0.1, 0.15) is 0 Å². The summed E-state index contributed by atoms with van der Waals surface area (Å²) in [5.41, 5.74) is 6.73. The highest BCUT2D eigenvalue weighted by atomic mass is 32.1. The largest absolute Gasteiger partial charge is 0.352 e. The van der Waals surface area contributed by atoms with E-state index in [1.807, 2.05) is 17.5 Å². The number of nitrogens with one attached hydrogen (secondary N) is 1. The van der Waals surface area contributed by atoms with Gasteiger partial charge in [-0.2, -0.15) is 0 Å². The Morgan fingerprint density at radius 3 is 3.10 bits per heavy atom. The van der Waals surface area contributed by atoms with E-state index in [-0.39, 0.29) is 5.91 Å². The van der Waals surface area contributed by atoms with E-state index >= 15 is 0 Å². The van der Waals surface area contributed by atoms with Gasteiger partial charge in [0.15, 0.2) is 0 Å². The number of thiazole rings is 1. The van der Waals surface area contributed by atoms with Gasteiger partial charge >= 0.3 is 0 Å². The maximum absolute atomic E-state index is 12.0. The molecule has 2 rings (SSSR count). The molecule has 0 bridgehead atoms. The molecule has 3 N–H and O–H groups in total. The summed E-state index contributed by atoms with van der Waals surface area (Å²) in [5.74, 6) is 5.59. The third-order valence-electron chi connectivity index (χ3n) is 2.57. The first kappa shape index (κ1) is 14.3. The fraction of sp³-hybridized carbons (Fsp3) is 0.200. The van der Waals surface area contributed by atoms with Gasteiger partial charge in [-0.3, -0.25) is 4.79 Å². The predicted octanol–water partition coefficient (Wildman–Crippen LogP) is 1.43. The van der Waals surface area contributed by atoms with E-state index in [2.05, 4.69) is 22.1 Å². The second-order valence-corrected chi connectivity index (χ2v) is 5.00. The minimum atomic E-state index is -0.0991. The van der Waals surface area contributed by atoms with Crippen LogP contribution < -0.4 is 11.1 Å². The summed E-state index contributed by atoms with van der Waals surface area (Å²) in [6, 6.07) is 7.21. The van der Waals surface area contributed by atoms with Crippen molar-refractivity contribution in [1.29, 1.82) is 0 Å². The molecule has 2 aromatic rings. The lowest BCUT2D eigenvalue weighted by molar-refractivity contribution is 0.0954. The number of amides is 1. The van der Waals surface area contributed by atoms with Gasteiger partial charge < -0.3 is 11.1 Å². The standard InChI is InChI=1S/C15H15N3OS/c16-7-2-4-12-3-1-5-13(11-12)15(19)18-8-6-14-17-9-10-20-14/h1,3,5,9-11H,6-8,16H2,(H,18,19). The molecule has 1 aromatic heterocycles. The maximum Gasteiger partial charge on any atom is 0.251 e. The molecule has 0 fully saturated rings. The Bertz CT molecular complexity index is 626. The van der Waals surface area contributed by atoms with Crippen LogP contribution in [0.15, 0.2) is 35.8 Å². The van der Waals surface area contributed by atoms with Crippen LogP contribution in [0.25, 0.3) is 0 Å². The fourth-order valence-electron chi connectivity index (χ4n) is 1.65. The molecule has 0 saturated carbocycles. The van der Waals surface area contributed by atoms with Crippen LogP contribution >= 0.6 is 11.3 Å². The Morgan fingerprint density at radius 2 is 2.35 bits per heavy atom. The van der Waals surface area contributed by atoms with Crippen molar-refractivity contribution >= 4 is 17.2 Å². The van der Waals surface area contributed by atoms with E-state index in [1.54, 1.807) is 29.7 Å². The molecule has 20 heavy (non-hydrogen) atoms. The molecular weight excluding hydrogens is 270 g/mol. The average molecular weight is 285 g/mol. The molecule has 1 amide bonds. The Kier molecular flexibility index (Phi) is 5.30. The first-order valence-electron chi connectivity index (χ1n) is 6.25. The van der Waals surface area contributed by atoms with Crippen LogP contribution in [0.5, 0.6) is 0 Å². The van der Waals surface area contributed by atoms with Crippen LogP contribution in [0, 0.1) is 11.8 Å². The van der Waals surface area contributed by atoms with E-state index in [1.165, 1.54) is 0 Å². The molecule has 0 spiro atoms. The van der Waals surface area contributed by atoms with E-state index in [9.17, 15) is 4.79 Å². The quantitative estimate of drug-likeness (QED) is 0.835. The molecule has 102 valence electrons. The first-order chi connectivity index (χ1) is 9.79. The number of hydrogen-bond acceptors (Lipinski definition) is 4. The van der Waals surface area contributed by atoms with Gasteiger partial charge in [-0.1, -0.05) is 17.9 Å². The van der Waals surface area contributed by atoms with Gasteiger partial charge in [0.25, 0.3) is 5.91 Å². The molecule has 0 atom stereocenters. The lowest BCUT2D eigenvalue weighted by atomic mass is 10.1. The lowest BCUT2D eigenvalue weighted by Gasteiger charge is -2.04. The zero-order valence-electron chi connectivity index (χ0n) is 10.9. The number of nitrogens with two attached hydrogens (primary N) is 1. The Hall–Kier alpha value is -2.16. The summed E-state index contributed by atoms with van der Waals surface area (Å²) < 4.78 is 0. The van der Waals surface area contributed by atoms with Crippen molar-refractivity contribution in [3.8, 4) is 11.8 Å². The second-order valence-electron chi connectivity index (χ2n) is 4.02. The molecule has 0 unspecified atom stereocenters. The highest BCUT2D eigenvalue weighted by Crippen LogP contribution is 2.05. The van der Waals surface area contributed by atoms with Crippen molar-refractivity contribution in [3.05, 3.63) is 52.0 Å². The van der Waals surface area contributed by atoms with Crippen molar-refractivity contribution in [2.75, 3.05) is 13.1 Å². The zero-order chi connectivity index (χ0) is 14.2. The van der Waals surface area contributed by atoms with Crippen LogP contribution in [0.4, 0.5) is 0 Å². The lowest BCUT2D eigenvalue weighted by Crippen LogP contribution is -2.25. The Balaban J connectivity index is 1.91. The van der Waals surface area contributed by atoms with Gasteiger partial charge in [-0.15, -0.1) is 11.3 Å². The molecule has 0 aliphatic carbocycles. The number of hydrogen-bond donors (Lipinski definition) is 2. The van der Waals surface area contributed by atoms with Gasteiger partial charge in [0.2, 0.25) is 0 Å². The highest BCUT2D eigenvalue weighted by Gasteiger charge is 2.05. The summed E-state index contributed by atoms with van der Waals surface area (Å²) in [6.07, 6.45) is 2.51. The summed E-state index contributed by atoms with van der Waals surface area (Å²) in [7, 11) is 0. The molecule has 0 saturated heterocycles. The number of nitrogens with zero attached hydrogens (tertiary/aromatic N) is 1. The van der Waals surface area contributed by atoms with Gasteiger partial charge in [0, 0.05) is 35.7 Å². The minimum absolute atomic E-state index is 0.0991. The summed E-state index contributed by atoms with van der Waals surface area (Å²) in [4.78, 5) is 16.2. The van der Waals surface area contributed by atoms with E-state index in [4.69, 9.17) is 5.73 Å². The molecule has 1 heterocycles. The van der Waals surface area contributed by atoms with Gasteiger partial charge in [-0.05, 0) is 18.2 Å². The maximum atomic E-state index is 12.0. The SMILES string of the molecule is NCC#Cc1cccc(C(=O)NCCc2nccs2)c1. The van der Waals surface area contributed by atoms with Crippen molar-refractivity contribution in [2.24, 2.45) is 5.73 Å². The Labute approximate surface area is 122 Å². The summed E-state index contributed by atoms with van der Waals surface area (Å²) in [6.45, 7) is 0.884. The fourth-order valence-corrected chi connectivity index (χ4v) is 2.27. The smallest absolute Gasteiger partial charge is 0.251 e. The van der Waals surface area contributed by atoms with Crippen molar-refractivity contribution in [2.45, 2.75) is 6.42 Å². The zero-order valence-corrected chi connectivity index (χ0v) is 11.7. The van der Waals surface area contributed by atoms with Crippen LogP contribution in [-0.2, 0) is 6.42 Å². The van der Waals surface area contributed by atoms with E-state index in [0.717, 1.165) is 17.0 Å². The highest BCUT2D eigenvalue weighted by molar-refractivity contribution is 7.09. The number of carbonyl (C=O) groups is 1. The molecular formula is C15H15N3OS. The number of rotatable bonds is 4. The van der Waals surface area contributed by atoms with Crippen LogP contribution in [0.1, 0.15) is 20.9 Å². The topological polar surface area (TPSA) is 68.0 Å². The monoisotopic (exact) mass is 285 g/mol. The second kappa shape index (κ2) is 7.43. The Morgan fingerprint density at radius 1 is 1.45 bits per heavy atom. The van der Waals surface area contributed by atoms with Crippen LogP contribution in [0.3, 0.4) is 0 Å². The van der Waals surface area contributed by atoms with E-state index in [0.29, 0.717) is 18.7 Å². The third-order valence-corrected chi connectivity index (χ3v) is 3.41. The van der Waals surface area contributed by atoms with Crippen LogP contribution in [-0.4, -0.2) is 24.0 Å². The van der Waals surface area contributed by atoms with Crippen LogP contribution in [0.2, 0.25) is 0 Å². The van der Waals surface area contributed by atoms with Gasteiger partial charge in [0.05, 0.1) is 11.6 Å². The van der Waals surface area contributed by atoms with Crippen molar-refractivity contribution in [1.82, 2.24) is 10.3 Å². The average Bonchev–Trinajstić information content (AvgIpc) is 2.98. The van der Waals surface area contributed by atoms with Crippen molar-refractivity contribution < 1.29 is 4.79 Å². The molecule has 0 radical (unpaired) electrons. The number of benzene rings is 1. The summed E-state index contributed by atoms with van der Waals surface area (Å²) in [5, 5.41) is 5.82. The minimum Gasteiger partial charge on any atom is -0.352 e. The molecule has 0 aliphatic rings. The molecule has 4 nitrogen and oxygen atoms in total. The normalized spacial score (nSPS) is 9.65. The molecule has 5 heteroatoms. The number of carbonyl (C=O) groups excluding carboxylic acids is 1.